The monoisotopic (exact) mass is 253 g/mol. The molecule has 1 aromatic rings. The maximum Gasteiger partial charge on any atom is 0.0906 e. The molecule has 0 N–H and O–H groups in total. The normalized spacial score (nSPS) is 32.6. The van der Waals surface area contributed by atoms with Gasteiger partial charge in [-0.05, 0) is 25.2 Å². The zero-order valence-corrected chi connectivity index (χ0v) is 11.3. The van der Waals surface area contributed by atoms with Crippen molar-refractivity contribution in [1.82, 2.24) is 14.7 Å². The fraction of sp³-hybridized carbons (Fsp3) is 0.615. The van der Waals surface area contributed by atoms with Crippen molar-refractivity contribution in [2.45, 2.75) is 13.1 Å². The Morgan fingerprint density at radius 2 is 1.79 bits per heavy atom. The fourth-order valence-electron chi connectivity index (χ4n) is 2.87. The van der Waals surface area contributed by atoms with Crippen LogP contribution in [0.25, 0.3) is 0 Å². The lowest BCUT2D eigenvalue weighted by Gasteiger charge is -2.55. The predicted molar refractivity (Wildman–Crippen MR) is 76.3 cm³/mol. The highest BCUT2D eigenvalue weighted by atomic mass is 15.4. The highest BCUT2D eigenvalue weighted by Gasteiger charge is 2.21. The molecule has 0 amide bonds. The van der Waals surface area contributed by atoms with Crippen LogP contribution < -0.4 is 0 Å². The summed E-state index contributed by atoms with van der Waals surface area (Å²) >= 11 is 0. The van der Waals surface area contributed by atoms with E-state index in [-0.39, 0.29) is 0 Å². The smallest absolute Gasteiger partial charge is 0.0906 e. The zero-order chi connectivity index (χ0) is 13.3. The van der Waals surface area contributed by atoms with Crippen molar-refractivity contribution in [3.63, 3.8) is 0 Å². The standard InChI is InChI=1S/C13H19B2N4/c14-18-5-4-17-6-8-19(15,9-7-17)11-13-3-1-2-12(10-18)16-13/h1-3H,4-11H2/q-1. The zero-order valence-electron chi connectivity index (χ0n) is 11.3. The van der Waals surface area contributed by atoms with Crippen molar-refractivity contribution in [2.24, 2.45) is 0 Å². The van der Waals surface area contributed by atoms with Crippen LogP contribution >= 0.6 is 0 Å². The molecule has 0 spiro atoms. The number of piperazine rings is 1. The minimum atomic E-state index is 0.610. The molecule has 98 valence electrons. The van der Waals surface area contributed by atoms with Gasteiger partial charge < -0.3 is 17.2 Å². The highest BCUT2D eigenvalue weighted by Crippen LogP contribution is 2.15. The second-order valence-corrected chi connectivity index (χ2v) is 5.76. The molecule has 3 aliphatic rings. The molecule has 1 fully saturated rings. The number of aromatic nitrogens is 1. The van der Waals surface area contributed by atoms with Crippen LogP contribution in [0.5, 0.6) is 0 Å². The van der Waals surface area contributed by atoms with Gasteiger partial charge in [0.25, 0.3) is 0 Å². The summed E-state index contributed by atoms with van der Waals surface area (Å²) in [6.45, 7) is 7.45. The van der Waals surface area contributed by atoms with Gasteiger partial charge in [-0.25, -0.2) is 7.98 Å². The molecule has 0 aliphatic carbocycles. The van der Waals surface area contributed by atoms with Gasteiger partial charge in [0.05, 0.1) is 17.9 Å². The average molecular weight is 253 g/mol. The second kappa shape index (κ2) is 5.27. The average Bonchev–Trinajstić information content (AvgIpc) is 2.37. The van der Waals surface area contributed by atoms with Crippen LogP contribution in [0.15, 0.2) is 18.2 Å². The van der Waals surface area contributed by atoms with Gasteiger partial charge in [-0.3, -0.25) is 9.88 Å². The molecule has 0 aromatic carbocycles. The third kappa shape index (κ3) is 3.19. The van der Waals surface area contributed by atoms with Crippen LogP contribution in [0.1, 0.15) is 11.4 Å². The van der Waals surface area contributed by atoms with Crippen molar-refractivity contribution in [3.05, 3.63) is 29.6 Å². The van der Waals surface area contributed by atoms with Gasteiger partial charge in [-0.15, -0.1) is 0 Å². The number of hydrogen-bond acceptors (Lipinski definition) is 3. The van der Waals surface area contributed by atoms with Gasteiger partial charge in [-0.1, -0.05) is 6.07 Å². The Hall–Kier alpha value is -0.840. The predicted octanol–water partition coefficient (Wildman–Crippen LogP) is -0.303. The lowest BCUT2D eigenvalue weighted by atomic mass is 10.1. The molecule has 0 atom stereocenters. The van der Waals surface area contributed by atoms with E-state index in [0.29, 0.717) is 10.9 Å². The van der Waals surface area contributed by atoms with Crippen molar-refractivity contribution in [2.75, 3.05) is 39.3 Å². The van der Waals surface area contributed by atoms with E-state index < -0.39 is 0 Å². The van der Waals surface area contributed by atoms with E-state index in [1.54, 1.807) is 0 Å². The largest absolute Gasteiger partial charge is 0.581 e. The van der Waals surface area contributed by atoms with Gasteiger partial charge in [-0.2, -0.15) is 0 Å². The van der Waals surface area contributed by atoms with Crippen molar-refractivity contribution in [1.29, 1.82) is 0 Å². The minimum Gasteiger partial charge on any atom is -0.581 e. The third-order valence-electron chi connectivity index (χ3n) is 4.13. The first-order chi connectivity index (χ1) is 9.13. The van der Waals surface area contributed by atoms with Crippen LogP contribution in [-0.2, 0) is 13.1 Å². The first-order valence-electron chi connectivity index (χ1n) is 6.94. The van der Waals surface area contributed by atoms with Gasteiger partial charge >= 0.3 is 0 Å². The molecule has 4 bridgehead atoms. The molecule has 6 radical (unpaired) electrons. The van der Waals surface area contributed by atoms with Crippen molar-refractivity contribution >= 4 is 16.0 Å². The molecule has 1 aromatic heterocycles. The van der Waals surface area contributed by atoms with Gasteiger partial charge in [0.15, 0.2) is 0 Å². The number of fused-ring (bicyclic) bond motifs is 5. The van der Waals surface area contributed by atoms with Crippen molar-refractivity contribution in [3.8, 4) is 0 Å². The third-order valence-corrected chi connectivity index (χ3v) is 4.13. The summed E-state index contributed by atoms with van der Waals surface area (Å²) in [5.41, 5.74) is 2.10. The molecule has 4 nitrogen and oxygen atoms in total. The summed E-state index contributed by atoms with van der Waals surface area (Å²) in [6, 6.07) is 6.15. The molecule has 4 rings (SSSR count). The Morgan fingerprint density at radius 3 is 2.58 bits per heavy atom. The molecule has 1 saturated heterocycles. The van der Waals surface area contributed by atoms with E-state index in [1.165, 1.54) is 0 Å². The fourth-order valence-corrected chi connectivity index (χ4v) is 2.87. The summed E-state index contributed by atoms with van der Waals surface area (Å²) in [7, 11) is 12.5. The van der Waals surface area contributed by atoms with Crippen LogP contribution in [0.2, 0.25) is 0 Å². The summed E-state index contributed by atoms with van der Waals surface area (Å²) in [4.78, 5) is 8.99. The Labute approximate surface area is 117 Å². The lowest BCUT2D eigenvalue weighted by Crippen LogP contribution is -2.58. The van der Waals surface area contributed by atoms with E-state index in [4.69, 9.17) is 16.0 Å². The molecule has 0 unspecified atom stereocenters. The molecular formula is C13H19B2N4-. The quantitative estimate of drug-likeness (QED) is 0.591. The Balaban J connectivity index is 1.87. The molecule has 4 heterocycles. The highest BCUT2D eigenvalue weighted by molar-refractivity contribution is 6.04. The Bertz CT molecular complexity index is 443. The van der Waals surface area contributed by atoms with Crippen LogP contribution in [0, 0.1) is 0 Å². The van der Waals surface area contributed by atoms with Crippen molar-refractivity contribution < 1.29 is 4.39 Å². The number of hydrogen-bond donors (Lipinski definition) is 0. The van der Waals surface area contributed by atoms with E-state index in [0.717, 1.165) is 57.2 Å². The maximum absolute atomic E-state index is 6.48. The number of nitrogens with zero attached hydrogens (tertiary/aromatic N) is 4. The van der Waals surface area contributed by atoms with Crippen LogP contribution in [0.3, 0.4) is 0 Å². The molecular weight excluding hydrogens is 234 g/mol. The van der Waals surface area contributed by atoms with E-state index in [2.05, 4.69) is 22.0 Å². The Morgan fingerprint density at radius 1 is 1.05 bits per heavy atom. The summed E-state index contributed by atoms with van der Waals surface area (Å²) in [5, 5.41) is 0. The number of rotatable bonds is 0. The minimum absolute atomic E-state index is 0.610. The SMILES string of the molecule is [B-]N1CCN2CC[N+]([B-])(CC2)Cc2cccc(n2)C1. The van der Waals surface area contributed by atoms with Gasteiger partial charge in [0, 0.05) is 32.7 Å². The molecule has 19 heavy (non-hydrogen) atoms. The number of quaternary nitrogens is 1. The second-order valence-electron chi connectivity index (χ2n) is 5.76. The molecule has 0 saturated carbocycles. The lowest BCUT2D eigenvalue weighted by molar-refractivity contribution is -0.836. The summed E-state index contributed by atoms with van der Waals surface area (Å²) in [5.74, 6) is 0. The Kier molecular flexibility index (Phi) is 3.65. The van der Waals surface area contributed by atoms with Crippen LogP contribution in [0.4, 0.5) is 0 Å². The van der Waals surface area contributed by atoms with E-state index in [1.807, 2.05) is 10.9 Å². The van der Waals surface area contributed by atoms with Gasteiger partial charge in [0.2, 0.25) is 0 Å². The summed E-state index contributed by atoms with van der Waals surface area (Å²) in [6.07, 6.45) is 0. The van der Waals surface area contributed by atoms with E-state index >= 15 is 0 Å². The first-order valence-corrected chi connectivity index (χ1v) is 6.94. The first kappa shape index (κ1) is 13.2. The maximum atomic E-state index is 6.48. The number of pyridine rings is 1. The van der Waals surface area contributed by atoms with E-state index in [9.17, 15) is 0 Å². The topological polar surface area (TPSA) is 19.4 Å². The molecule has 3 aliphatic heterocycles. The van der Waals surface area contributed by atoms with Gasteiger partial charge in [0.1, 0.15) is 0 Å². The van der Waals surface area contributed by atoms with Crippen LogP contribution in [-0.4, -0.2) is 74.3 Å². The molecule has 6 heteroatoms. The summed E-state index contributed by atoms with van der Waals surface area (Å²) < 4.78 is 0.610.